The van der Waals surface area contributed by atoms with Crippen molar-refractivity contribution in [1.29, 1.82) is 0 Å². The number of carbonyl (C=O) groups is 4. The third-order valence-electron chi connectivity index (χ3n) is 5.81. The number of benzene rings is 1. The van der Waals surface area contributed by atoms with Crippen LogP contribution in [0.15, 0.2) is 30.3 Å². The summed E-state index contributed by atoms with van der Waals surface area (Å²) in [5.74, 6) is -3.25. The summed E-state index contributed by atoms with van der Waals surface area (Å²) in [7, 11) is 0. The molecule has 1 aromatic rings. The molecule has 8 N–H and O–H groups in total. The monoisotopic (exact) mass is 509 g/mol. The van der Waals surface area contributed by atoms with Gasteiger partial charge in [-0.15, -0.1) is 0 Å². The van der Waals surface area contributed by atoms with Crippen molar-refractivity contribution in [1.82, 2.24) is 16.0 Å². The zero-order chi connectivity index (χ0) is 26.4. The average Bonchev–Trinajstić information content (AvgIpc) is 2.84. The summed E-state index contributed by atoms with van der Waals surface area (Å²) >= 11 is 3.96. The van der Waals surface area contributed by atoms with Crippen molar-refractivity contribution in [2.24, 2.45) is 17.4 Å². The van der Waals surface area contributed by atoms with Gasteiger partial charge in [-0.25, -0.2) is 4.79 Å². The smallest absolute Gasteiger partial charge is 0.327 e. The minimum atomic E-state index is -1.22. The normalized spacial score (nSPS) is 15.2. The highest BCUT2D eigenvalue weighted by Crippen LogP contribution is 2.11. The number of rotatable bonds is 16. The minimum Gasteiger partial charge on any atom is -0.480 e. The first-order chi connectivity index (χ1) is 16.6. The third kappa shape index (κ3) is 10.7. The quantitative estimate of drug-likeness (QED) is 0.123. The standard InChI is InChI=1S/C24H39N5O5S/c1-3-15(2)20(23(32)28-19(14-35)24(33)34)29-22(31)18(11-7-8-12-25)27-21(30)17(26)13-16-9-5-4-6-10-16/h4-6,9-10,15,17-20,35H,3,7-8,11-14,25-26H2,1-2H3,(H,27,30)(H,28,32)(H,29,31)(H,33,34). The maximum Gasteiger partial charge on any atom is 0.327 e. The Bertz CT molecular complexity index is 826. The molecule has 35 heavy (non-hydrogen) atoms. The molecule has 0 aliphatic carbocycles. The first-order valence-corrected chi connectivity index (χ1v) is 12.5. The molecule has 5 atom stereocenters. The van der Waals surface area contributed by atoms with Gasteiger partial charge in [0, 0.05) is 5.75 Å². The van der Waals surface area contributed by atoms with Crippen molar-refractivity contribution in [2.45, 2.75) is 70.1 Å². The maximum atomic E-state index is 13.2. The van der Waals surface area contributed by atoms with Crippen LogP contribution >= 0.6 is 12.6 Å². The van der Waals surface area contributed by atoms with E-state index in [-0.39, 0.29) is 11.7 Å². The largest absolute Gasteiger partial charge is 0.480 e. The number of thiol groups is 1. The molecule has 196 valence electrons. The summed E-state index contributed by atoms with van der Waals surface area (Å²) in [6.07, 6.45) is 2.43. The highest BCUT2D eigenvalue weighted by molar-refractivity contribution is 7.80. The summed E-state index contributed by atoms with van der Waals surface area (Å²) in [4.78, 5) is 50.1. The van der Waals surface area contributed by atoms with E-state index in [1.54, 1.807) is 6.92 Å². The molecule has 1 aromatic carbocycles. The van der Waals surface area contributed by atoms with Gasteiger partial charge in [0.1, 0.15) is 18.1 Å². The van der Waals surface area contributed by atoms with Gasteiger partial charge >= 0.3 is 5.97 Å². The fraction of sp³-hybridized carbons (Fsp3) is 0.583. The lowest BCUT2D eigenvalue weighted by Gasteiger charge is -2.28. The molecule has 0 fully saturated rings. The number of carboxylic acid groups (broad SMARTS) is 1. The number of carbonyl (C=O) groups excluding carboxylic acids is 3. The van der Waals surface area contributed by atoms with Crippen LogP contribution in [0.2, 0.25) is 0 Å². The number of hydrogen-bond acceptors (Lipinski definition) is 7. The molecule has 1 rings (SSSR count). The second-order valence-electron chi connectivity index (χ2n) is 8.60. The van der Waals surface area contributed by atoms with Crippen LogP contribution in [-0.4, -0.2) is 65.3 Å². The molecule has 3 amide bonds. The van der Waals surface area contributed by atoms with Gasteiger partial charge < -0.3 is 32.5 Å². The van der Waals surface area contributed by atoms with E-state index in [0.717, 1.165) is 5.56 Å². The Kier molecular flexibility index (Phi) is 14.0. The molecule has 0 aromatic heterocycles. The van der Waals surface area contributed by atoms with Gasteiger partial charge in [-0.3, -0.25) is 14.4 Å². The highest BCUT2D eigenvalue weighted by Gasteiger charge is 2.32. The fourth-order valence-corrected chi connectivity index (χ4v) is 3.65. The lowest BCUT2D eigenvalue weighted by molar-refractivity contribution is -0.142. The number of unbranched alkanes of at least 4 members (excludes halogenated alkanes) is 1. The third-order valence-corrected chi connectivity index (χ3v) is 6.17. The Balaban J connectivity index is 2.95. The Morgan fingerprint density at radius 1 is 0.971 bits per heavy atom. The summed E-state index contributed by atoms with van der Waals surface area (Å²) < 4.78 is 0. The molecule has 11 heteroatoms. The van der Waals surface area contributed by atoms with E-state index in [1.807, 2.05) is 37.3 Å². The molecule has 0 saturated heterocycles. The van der Waals surface area contributed by atoms with E-state index in [0.29, 0.717) is 38.6 Å². The molecule has 0 aliphatic rings. The van der Waals surface area contributed by atoms with Gasteiger partial charge in [-0.05, 0) is 43.7 Å². The molecule has 10 nitrogen and oxygen atoms in total. The number of amides is 3. The molecule has 5 unspecified atom stereocenters. The topological polar surface area (TPSA) is 177 Å². The number of carboxylic acids is 1. The van der Waals surface area contributed by atoms with Crippen molar-refractivity contribution in [3.05, 3.63) is 35.9 Å². The van der Waals surface area contributed by atoms with Crippen molar-refractivity contribution >= 4 is 36.3 Å². The fourth-order valence-electron chi connectivity index (χ4n) is 3.40. The zero-order valence-electron chi connectivity index (χ0n) is 20.4. The minimum absolute atomic E-state index is 0.0979. The molecule has 0 radical (unpaired) electrons. The van der Waals surface area contributed by atoms with Crippen LogP contribution < -0.4 is 27.4 Å². The van der Waals surface area contributed by atoms with Crippen molar-refractivity contribution in [3.63, 3.8) is 0 Å². The van der Waals surface area contributed by atoms with Gasteiger partial charge in [-0.1, -0.05) is 50.6 Å². The molecule has 0 spiro atoms. The SMILES string of the molecule is CCC(C)C(NC(=O)C(CCCCN)NC(=O)C(N)Cc1ccccc1)C(=O)NC(CS)C(=O)O. The van der Waals surface area contributed by atoms with Crippen LogP contribution in [0.1, 0.15) is 45.1 Å². The van der Waals surface area contributed by atoms with Crippen molar-refractivity contribution < 1.29 is 24.3 Å². The predicted octanol–water partition coefficient (Wildman–Crippen LogP) is 0.200. The van der Waals surface area contributed by atoms with Gasteiger partial charge in [0.2, 0.25) is 17.7 Å². The Morgan fingerprint density at radius 2 is 1.60 bits per heavy atom. The second kappa shape index (κ2) is 16.1. The van der Waals surface area contributed by atoms with E-state index in [4.69, 9.17) is 11.5 Å². The average molecular weight is 510 g/mol. The predicted molar refractivity (Wildman–Crippen MR) is 138 cm³/mol. The van der Waals surface area contributed by atoms with E-state index in [2.05, 4.69) is 28.6 Å². The van der Waals surface area contributed by atoms with Crippen molar-refractivity contribution in [2.75, 3.05) is 12.3 Å². The van der Waals surface area contributed by atoms with Gasteiger partial charge in [0.05, 0.1) is 6.04 Å². The van der Waals surface area contributed by atoms with Gasteiger partial charge in [0.15, 0.2) is 0 Å². The van der Waals surface area contributed by atoms with E-state index >= 15 is 0 Å². The summed E-state index contributed by atoms with van der Waals surface area (Å²) in [6, 6.07) is 5.35. The summed E-state index contributed by atoms with van der Waals surface area (Å²) in [5, 5.41) is 17.1. The first-order valence-electron chi connectivity index (χ1n) is 11.9. The molecule has 0 heterocycles. The number of hydrogen-bond donors (Lipinski definition) is 7. The van der Waals surface area contributed by atoms with Crippen LogP contribution in [-0.2, 0) is 25.6 Å². The van der Waals surface area contributed by atoms with Crippen molar-refractivity contribution in [3.8, 4) is 0 Å². The molecular weight excluding hydrogens is 470 g/mol. The summed E-state index contributed by atoms with van der Waals surface area (Å²) in [5.41, 5.74) is 12.5. The Hall–Kier alpha value is -2.63. The number of aliphatic carboxylic acids is 1. The zero-order valence-corrected chi connectivity index (χ0v) is 21.3. The number of nitrogens with two attached hydrogens (primary N) is 2. The number of nitrogens with one attached hydrogen (secondary N) is 3. The van der Waals surface area contributed by atoms with Crippen LogP contribution in [0, 0.1) is 5.92 Å². The van der Waals surface area contributed by atoms with Gasteiger partial charge in [-0.2, -0.15) is 12.6 Å². The molecular formula is C24H39N5O5S. The molecule has 0 bridgehead atoms. The van der Waals surface area contributed by atoms with Gasteiger partial charge in [0.25, 0.3) is 0 Å². The lowest BCUT2D eigenvalue weighted by Crippen LogP contribution is -2.59. The van der Waals surface area contributed by atoms with Crippen LogP contribution in [0.4, 0.5) is 0 Å². The van der Waals surface area contributed by atoms with Crippen LogP contribution in [0.25, 0.3) is 0 Å². The lowest BCUT2D eigenvalue weighted by atomic mass is 9.97. The summed E-state index contributed by atoms with van der Waals surface area (Å²) in [6.45, 7) is 4.07. The second-order valence-corrected chi connectivity index (χ2v) is 8.96. The first kappa shape index (κ1) is 30.4. The Morgan fingerprint density at radius 3 is 2.14 bits per heavy atom. The highest BCUT2D eigenvalue weighted by atomic mass is 32.1. The van der Waals surface area contributed by atoms with E-state index in [1.165, 1.54) is 0 Å². The van der Waals surface area contributed by atoms with Crippen LogP contribution in [0.3, 0.4) is 0 Å². The van der Waals surface area contributed by atoms with E-state index in [9.17, 15) is 24.3 Å². The molecule has 0 saturated carbocycles. The maximum absolute atomic E-state index is 13.2. The molecule has 0 aliphatic heterocycles. The Labute approximate surface area is 212 Å². The van der Waals surface area contributed by atoms with E-state index < -0.39 is 47.9 Å². The van der Waals surface area contributed by atoms with Crippen LogP contribution in [0.5, 0.6) is 0 Å².